The third kappa shape index (κ3) is 5.46. The summed E-state index contributed by atoms with van der Waals surface area (Å²) in [6, 6.07) is 3.53. The quantitative estimate of drug-likeness (QED) is 0.548. The van der Waals surface area contributed by atoms with Crippen LogP contribution in [0.15, 0.2) is 17.1 Å². The van der Waals surface area contributed by atoms with E-state index in [1.54, 1.807) is 17.0 Å². The molecule has 0 bridgehead atoms. The van der Waals surface area contributed by atoms with Crippen molar-refractivity contribution in [3.63, 3.8) is 0 Å². The van der Waals surface area contributed by atoms with Crippen molar-refractivity contribution in [2.24, 2.45) is 4.99 Å². The van der Waals surface area contributed by atoms with Crippen LogP contribution in [-0.4, -0.2) is 63.9 Å². The first-order valence-electron chi connectivity index (χ1n) is 12.0. The number of amides is 2. The first-order valence-corrected chi connectivity index (χ1v) is 12.4. The molecule has 0 aromatic heterocycles. The number of nitrogens with zero attached hydrogens (tertiary/aromatic N) is 3. The third-order valence-corrected chi connectivity index (χ3v) is 7.01. The zero-order valence-corrected chi connectivity index (χ0v) is 20.1. The minimum absolute atomic E-state index is 0.00206. The molecule has 1 aromatic carbocycles. The highest BCUT2D eigenvalue weighted by Gasteiger charge is 2.32. The summed E-state index contributed by atoms with van der Waals surface area (Å²) in [6.45, 7) is 2.40. The lowest BCUT2D eigenvalue weighted by Crippen LogP contribution is -2.44. The van der Waals surface area contributed by atoms with E-state index in [2.05, 4.69) is 10.3 Å². The maximum absolute atomic E-state index is 13.0. The summed E-state index contributed by atoms with van der Waals surface area (Å²) < 4.78 is 6.30. The standard InChI is InChI=1S/C24H31ClN4O5/c1-2-16(8-11-21(31)29(14-22(32)33)15-6-4-3-5-7-15)34-23-17-12-28-13-20(30)27-24(28)26-19(17)10-9-18(23)25/h9-10,15-16H,2-8,11-14H2,1H3,(H,32,33)(H,26,27,30). The van der Waals surface area contributed by atoms with Crippen molar-refractivity contribution in [2.75, 3.05) is 13.1 Å². The van der Waals surface area contributed by atoms with Crippen LogP contribution < -0.4 is 10.1 Å². The fourth-order valence-electron chi connectivity index (χ4n) is 4.90. The topological polar surface area (TPSA) is 112 Å². The van der Waals surface area contributed by atoms with Gasteiger partial charge in [0, 0.05) is 18.0 Å². The Hall–Kier alpha value is -2.81. The number of aliphatic imine (C=N–C) groups is 1. The van der Waals surface area contributed by atoms with Crippen LogP contribution in [0.5, 0.6) is 5.75 Å². The van der Waals surface area contributed by atoms with Gasteiger partial charge in [0.15, 0.2) is 0 Å². The second-order valence-corrected chi connectivity index (χ2v) is 9.52. The number of carbonyl (C=O) groups excluding carboxylic acids is 2. The van der Waals surface area contributed by atoms with Gasteiger partial charge < -0.3 is 19.6 Å². The molecule has 0 radical (unpaired) electrons. The molecule has 2 fully saturated rings. The fraction of sp³-hybridized carbons (Fsp3) is 0.583. The van der Waals surface area contributed by atoms with Crippen molar-refractivity contribution >= 4 is 41.0 Å². The second-order valence-electron chi connectivity index (χ2n) is 9.11. The lowest BCUT2D eigenvalue weighted by molar-refractivity contribution is -0.147. The number of nitrogens with one attached hydrogen (secondary N) is 1. The highest BCUT2D eigenvalue weighted by atomic mass is 35.5. The van der Waals surface area contributed by atoms with E-state index in [0.717, 1.165) is 37.7 Å². The molecule has 34 heavy (non-hydrogen) atoms. The van der Waals surface area contributed by atoms with E-state index < -0.39 is 5.97 Å². The zero-order chi connectivity index (χ0) is 24.2. The summed E-state index contributed by atoms with van der Waals surface area (Å²) in [4.78, 5) is 44.1. The van der Waals surface area contributed by atoms with E-state index in [-0.39, 0.29) is 43.5 Å². The van der Waals surface area contributed by atoms with Gasteiger partial charge in [0.1, 0.15) is 18.8 Å². The molecule has 1 aliphatic carbocycles. The Morgan fingerprint density at radius 2 is 2.06 bits per heavy atom. The van der Waals surface area contributed by atoms with Crippen LogP contribution >= 0.6 is 11.6 Å². The van der Waals surface area contributed by atoms with Gasteiger partial charge >= 0.3 is 5.97 Å². The van der Waals surface area contributed by atoms with Crippen LogP contribution in [0.3, 0.4) is 0 Å². The van der Waals surface area contributed by atoms with Crippen LogP contribution in [-0.2, 0) is 20.9 Å². The number of carboxylic acid groups (broad SMARTS) is 1. The van der Waals surface area contributed by atoms with Crippen LogP contribution in [0.2, 0.25) is 5.02 Å². The predicted octanol–water partition coefficient (Wildman–Crippen LogP) is 3.46. The normalized spacial score (nSPS) is 18.5. The maximum Gasteiger partial charge on any atom is 0.323 e. The van der Waals surface area contributed by atoms with Crippen molar-refractivity contribution in [1.82, 2.24) is 15.1 Å². The number of ether oxygens (including phenoxy) is 1. The first-order chi connectivity index (χ1) is 16.4. The highest BCUT2D eigenvalue weighted by molar-refractivity contribution is 6.32. The smallest absolute Gasteiger partial charge is 0.323 e. The van der Waals surface area contributed by atoms with E-state index >= 15 is 0 Å². The molecule has 1 unspecified atom stereocenters. The minimum atomic E-state index is -0.986. The van der Waals surface area contributed by atoms with Gasteiger partial charge in [-0.15, -0.1) is 0 Å². The summed E-state index contributed by atoms with van der Waals surface area (Å²) in [6.07, 6.45) is 5.95. The second kappa shape index (κ2) is 10.6. The van der Waals surface area contributed by atoms with E-state index in [4.69, 9.17) is 16.3 Å². The number of hydrogen-bond donors (Lipinski definition) is 2. The Labute approximate surface area is 204 Å². The number of fused-ring (bicyclic) bond motifs is 2. The molecule has 1 saturated carbocycles. The fourth-order valence-corrected chi connectivity index (χ4v) is 5.12. The number of carboxylic acids is 1. The van der Waals surface area contributed by atoms with Crippen molar-refractivity contribution in [3.05, 3.63) is 22.7 Å². The van der Waals surface area contributed by atoms with E-state index in [9.17, 15) is 19.5 Å². The summed E-state index contributed by atoms with van der Waals surface area (Å²) >= 11 is 6.49. The SMILES string of the molecule is CCC(CCC(=O)N(CC(=O)O)C1CCCCC1)Oc1c(Cl)ccc2c1CN1CC(=O)NC1=N2. The molecule has 3 aliphatic rings. The minimum Gasteiger partial charge on any atom is -0.488 e. The lowest BCUT2D eigenvalue weighted by atomic mass is 9.93. The summed E-state index contributed by atoms with van der Waals surface area (Å²) in [7, 11) is 0. The number of hydrogen-bond acceptors (Lipinski definition) is 6. The summed E-state index contributed by atoms with van der Waals surface area (Å²) in [5.41, 5.74) is 1.51. The van der Waals surface area contributed by atoms with Gasteiger partial charge in [-0.2, -0.15) is 0 Å². The average Bonchev–Trinajstić information content (AvgIpc) is 3.19. The number of guanidine groups is 1. The van der Waals surface area contributed by atoms with Crippen molar-refractivity contribution in [1.29, 1.82) is 0 Å². The molecule has 4 rings (SSSR count). The molecular formula is C24H31ClN4O5. The van der Waals surface area contributed by atoms with E-state index in [1.165, 1.54) is 0 Å². The maximum atomic E-state index is 13.0. The van der Waals surface area contributed by atoms with Gasteiger partial charge in [-0.25, -0.2) is 4.99 Å². The molecule has 10 heteroatoms. The van der Waals surface area contributed by atoms with E-state index in [1.807, 2.05) is 11.8 Å². The Bertz CT molecular complexity index is 992. The molecule has 1 saturated heterocycles. The summed E-state index contributed by atoms with van der Waals surface area (Å²) in [5.74, 6) is -0.179. The molecule has 9 nitrogen and oxygen atoms in total. The van der Waals surface area contributed by atoms with Crippen LogP contribution in [0, 0.1) is 0 Å². The molecule has 0 spiro atoms. The van der Waals surface area contributed by atoms with Crippen LogP contribution in [0.1, 0.15) is 63.9 Å². The molecule has 2 heterocycles. The van der Waals surface area contributed by atoms with Gasteiger partial charge in [-0.1, -0.05) is 37.8 Å². The van der Waals surface area contributed by atoms with Gasteiger partial charge in [-0.05, 0) is 37.8 Å². The number of aliphatic carboxylic acids is 1. The zero-order valence-electron chi connectivity index (χ0n) is 19.4. The largest absolute Gasteiger partial charge is 0.488 e. The van der Waals surface area contributed by atoms with Crippen LogP contribution in [0.25, 0.3) is 0 Å². The van der Waals surface area contributed by atoms with Gasteiger partial charge in [-0.3, -0.25) is 19.7 Å². The molecule has 1 aromatic rings. The monoisotopic (exact) mass is 490 g/mol. The Morgan fingerprint density at radius 1 is 1.29 bits per heavy atom. The predicted molar refractivity (Wildman–Crippen MR) is 127 cm³/mol. The molecule has 2 N–H and O–H groups in total. The third-order valence-electron chi connectivity index (χ3n) is 6.71. The Morgan fingerprint density at radius 3 is 2.76 bits per heavy atom. The van der Waals surface area contributed by atoms with Crippen molar-refractivity contribution < 1.29 is 24.2 Å². The van der Waals surface area contributed by atoms with Crippen molar-refractivity contribution in [2.45, 2.75) is 77.0 Å². The molecule has 2 aliphatic heterocycles. The number of benzene rings is 1. The number of halogens is 1. The van der Waals surface area contributed by atoms with Gasteiger partial charge in [0.2, 0.25) is 17.8 Å². The Kier molecular flexibility index (Phi) is 7.60. The lowest BCUT2D eigenvalue weighted by Gasteiger charge is -2.33. The van der Waals surface area contributed by atoms with Crippen molar-refractivity contribution in [3.8, 4) is 5.75 Å². The average molecular weight is 491 g/mol. The van der Waals surface area contributed by atoms with Gasteiger partial charge in [0.25, 0.3) is 0 Å². The first kappa shape index (κ1) is 24.3. The number of carbonyl (C=O) groups is 3. The molecule has 1 atom stereocenters. The Balaban J connectivity index is 1.44. The molecule has 184 valence electrons. The molecular weight excluding hydrogens is 460 g/mol. The van der Waals surface area contributed by atoms with Gasteiger partial charge in [0.05, 0.1) is 23.4 Å². The van der Waals surface area contributed by atoms with E-state index in [0.29, 0.717) is 41.8 Å². The van der Waals surface area contributed by atoms with Crippen LogP contribution in [0.4, 0.5) is 5.69 Å². The summed E-state index contributed by atoms with van der Waals surface area (Å²) in [5, 5.41) is 12.5. The molecule has 2 amide bonds. The highest BCUT2D eigenvalue weighted by Crippen LogP contribution is 2.40. The number of rotatable bonds is 9.